The zero-order valence-corrected chi connectivity index (χ0v) is 19.9. The van der Waals surface area contributed by atoms with E-state index in [0.29, 0.717) is 16.9 Å². The van der Waals surface area contributed by atoms with Crippen molar-refractivity contribution in [1.82, 2.24) is 4.98 Å². The Kier molecular flexibility index (Phi) is 6.64. The van der Waals surface area contributed by atoms with Crippen LogP contribution in [0.4, 0.5) is 11.4 Å². The molecule has 4 rings (SSSR count). The van der Waals surface area contributed by atoms with Gasteiger partial charge in [0.1, 0.15) is 5.60 Å². The lowest BCUT2D eigenvalue weighted by Crippen LogP contribution is -2.25. The van der Waals surface area contributed by atoms with Crippen LogP contribution in [0.5, 0.6) is 0 Å². The Balaban J connectivity index is 1.71. The summed E-state index contributed by atoms with van der Waals surface area (Å²) in [5.41, 5.74) is 10.3. The van der Waals surface area contributed by atoms with Gasteiger partial charge in [-0.2, -0.15) is 0 Å². The molecule has 0 bridgehead atoms. The average molecular weight is 466 g/mol. The quantitative estimate of drug-likeness (QED) is 0.270. The Morgan fingerprint density at radius 1 is 0.829 bits per heavy atom. The number of rotatable bonds is 5. The Labute approximate surface area is 204 Å². The number of amides is 1. The second-order valence-electron chi connectivity index (χ2n) is 9.13. The van der Waals surface area contributed by atoms with Gasteiger partial charge in [-0.25, -0.2) is 4.79 Å². The molecule has 1 aromatic heterocycles. The minimum Gasteiger partial charge on any atom is -0.456 e. The molecule has 0 saturated carbocycles. The number of ether oxygens (including phenoxy) is 1. The third-order valence-electron chi connectivity index (χ3n) is 5.27. The van der Waals surface area contributed by atoms with E-state index in [0.717, 1.165) is 22.3 Å². The molecule has 0 aliphatic rings. The van der Waals surface area contributed by atoms with E-state index >= 15 is 0 Å². The first-order valence-electron chi connectivity index (χ1n) is 11.3. The van der Waals surface area contributed by atoms with E-state index in [1.165, 1.54) is 6.20 Å². The van der Waals surface area contributed by atoms with Crippen LogP contribution in [-0.2, 0) is 4.74 Å². The number of nitrogens with zero attached hydrogens (tertiary/aromatic N) is 1. The molecule has 1 amide bonds. The summed E-state index contributed by atoms with van der Waals surface area (Å²) in [6.07, 6.45) is 3.20. The summed E-state index contributed by atoms with van der Waals surface area (Å²) in [6.45, 7) is 5.38. The molecule has 176 valence electrons. The van der Waals surface area contributed by atoms with Crippen molar-refractivity contribution in [3.05, 3.63) is 102 Å². The van der Waals surface area contributed by atoms with E-state index < -0.39 is 17.5 Å². The molecule has 4 aromatic rings. The number of esters is 1. The SMILES string of the molecule is CC(C)(C)OC(=O)c1ccc(-c2ccccc2N)cc1NC(=O)c1cncc(-c2ccccc2)c1. The van der Waals surface area contributed by atoms with Crippen LogP contribution in [0.15, 0.2) is 91.3 Å². The monoisotopic (exact) mass is 465 g/mol. The van der Waals surface area contributed by atoms with Gasteiger partial charge in [0, 0.05) is 29.2 Å². The number of nitrogens with two attached hydrogens (primary N) is 1. The number of hydrogen-bond donors (Lipinski definition) is 2. The fourth-order valence-electron chi connectivity index (χ4n) is 3.63. The Bertz CT molecular complexity index is 1380. The number of anilines is 2. The molecule has 0 radical (unpaired) electrons. The number of benzene rings is 3. The number of para-hydroxylation sites is 1. The molecule has 6 nitrogen and oxygen atoms in total. The van der Waals surface area contributed by atoms with E-state index in [2.05, 4.69) is 10.3 Å². The molecular formula is C29H27N3O3. The molecule has 0 atom stereocenters. The number of aromatic nitrogens is 1. The zero-order chi connectivity index (χ0) is 25.0. The number of pyridine rings is 1. The van der Waals surface area contributed by atoms with Crippen molar-refractivity contribution in [3.8, 4) is 22.3 Å². The van der Waals surface area contributed by atoms with Gasteiger partial charge in [0.2, 0.25) is 0 Å². The third-order valence-corrected chi connectivity index (χ3v) is 5.27. The Morgan fingerprint density at radius 2 is 1.54 bits per heavy atom. The minimum atomic E-state index is -0.686. The van der Waals surface area contributed by atoms with Crippen LogP contribution >= 0.6 is 0 Å². The van der Waals surface area contributed by atoms with Gasteiger partial charge in [-0.15, -0.1) is 0 Å². The van der Waals surface area contributed by atoms with Crippen LogP contribution in [0, 0.1) is 0 Å². The van der Waals surface area contributed by atoms with Crippen LogP contribution in [0.25, 0.3) is 22.3 Å². The molecule has 0 aliphatic carbocycles. The minimum absolute atomic E-state index is 0.249. The molecule has 0 aliphatic heterocycles. The molecule has 3 N–H and O–H groups in total. The maximum atomic E-state index is 13.2. The third kappa shape index (κ3) is 5.73. The predicted molar refractivity (Wildman–Crippen MR) is 139 cm³/mol. The highest BCUT2D eigenvalue weighted by Gasteiger charge is 2.22. The second kappa shape index (κ2) is 9.81. The molecule has 0 spiro atoms. The van der Waals surface area contributed by atoms with Gasteiger partial charge >= 0.3 is 5.97 Å². The average Bonchev–Trinajstić information content (AvgIpc) is 2.84. The Hall–Kier alpha value is -4.45. The highest BCUT2D eigenvalue weighted by atomic mass is 16.6. The van der Waals surface area contributed by atoms with Crippen molar-refractivity contribution in [2.75, 3.05) is 11.1 Å². The van der Waals surface area contributed by atoms with Gasteiger partial charge in [0.05, 0.1) is 16.8 Å². The van der Waals surface area contributed by atoms with E-state index in [9.17, 15) is 9.59 Å². The standard InChI is InChI=1S/C29H27N3O3/c1-29(2,3)35-28(34)24-14-13-20(23-11-7-8-12-25(23)30)16-26(24)32-27(33)22-15-21(17-31-18-22)19-9-5-4-6-10-19/h4-18H,30H2,1-3H3,(H,32,33). The number of carbonyl (C=O) groups is 2. The van der Waals surface area contributed by atoms with Gasteiger partial charge in [0.25, 0.3) is 5.91 Å². The number of nitrogens with one attached hydrogen (secondary N) is 1. The predicted octanol–water partition coefficient (Wildman–Crippen LogP) is 6.21. The molecule has 0 saturated heterocycles. The van der Waals surface area contributed by atoms with Crippen molar-refractivity contribution in [1.29, 1.82) is 0 Å². The summed E-state index contributed by atoms with van der Waals surface area (Å²) in [5.74, 6) is -0.921. The van der Waals surface area contributed by atoms with Gasteiger partial charge < -0.3 is 15.8 Å². The highest BCUT2D eigenvalue weighted by molar-refractivity contribution is 6.09. The summed E-state index contributed by atoms with van der Waals surface area (Å²) in [6, 6.07) is 24.0. The smallest absolute Gasteiger partial charge is 0.340 e. The first-order chi connectivity index (χ1) is 16.7. The fraction of sp³-hybridized carbons (Fsp3) is 0.138. The van der Waals surface area contributed by atoms with E-state index in [4.69, 9.17) is 10.5 Å². The summed E-state index contributed by atoms with van der Waals surface area (Å²) in [4.78, 5) is 30.4. The van der Waals surface area contributed by atoms with E-state index in [1.807, 2.05) is 48.5 Å². The lowest BCUT2D eigenvalue weighted by atomic mass is 10.00. The van der Waals surface area contributed by atoms with Crippen molar-refractivity contribution >= 4 is 23.3 Å². The largest absolute Gasteiger partial charge is 0.456 e. The Morgan fingerprint density at radius 3 is 2.26 bits per heavy atom. The number of nitrogen functional groups attached to an aromatic ring is 1. The first-order valence-corrected chi connectivity index (χ1v) is 11.3. The number of carbonyl (C=O) groups excluding carboxylic acids is 2. The summed E-state index contributed by atoms with van der Waals surface area (Å²) in [7, 11) is 0. The number of hydrogen-bond acceptors (Lipinski definition) is 5. The molecular weight excluding hydrogens is 438 g/mol. The van der Waals surface area contributed by atoms with Crippen molar-refractivity contribution < 1.29 is 14.3 Å². The normalized spacial score (nSPS) is 11.1. The van der Waals surface area contributed by atoms with Crippen LogP contribution in [0.3, 0.4) is 0 Å². The zero-order valence-electron chi connectivity index (χ0n) is 19.9. The molecule has 1 heterocycles. The maximum absolute atomic E-state index is 13.2. The molecule has 0 unspecified atom stereocenters. The van der Waals surface area contributed by atoms with Crippen molar-refractivity contribution in [2.45, 2.75) is 26.4 Å². The van der Waals surface area contributed by atoms with Crippen LogP contribution in [0.1, 0.15) is 41.5 Å². The lowest BCUT2D eigenvalue weighted by Gasteiger charge is -2.21. The van der Waals surface area contributed by atoms with Crippen molar-refractivity contribution in [3.63, 3.8) is 0 Å². The fourth-order valence-corrected chi connectivity index (χ4v) is 3.63. The second-order valence-corrected chi connectivity index (χ2v) is 9.13. The molecule has 3 aromatic carbocycles. The molecule has 35 heavy (non-hydrogen) atoms. The first kappa shape index (κ1) is 23.7. The maximum Gasteiger partial charge on any atom is 0.340 e. The van der Waals surface area contributed by atoms with Gasteiger partial charge in [-0.3, -0.25) is 9.78 Å². The van der Waals surface area contributed by atoms with Crippen molar-refractivity contribution in [2.24, 2.45) is 0 Å². The van der Waals surface area contributed by atoms with Gasteiger partial charge in [0.15, 0.2) is 0 Å². The van der Waals surface area contributed by atoms with Gasteiger partial charge in [-0.1, -0.05) is 54.6 Å². The summed E-state index contributed by atoms with van der Waals surface area (Å²) < 4.78 is 5.57. The van der Waals surface area contributed by atoms with Gasteiger partial charge in [-0.05, 0) is 56.2 Å². The molecule has 6 heteroatoms. The van der Waals surface area contributed by atoms with Crippen LogP contribution < -0.4 is 11.1 Å². The summed E-state index contributed by atoms with van der Waals surface area (Å²) >= 11 is 0. The van der Waals surface area contributed by atoms with Crippen LogP contribution in [-0.4, -0.2) is 22.5 Å². The highest BCUT2D eigenvalue weighted by Crippen LogP contribution is 2.31. The molecule has 0 fully saturated rings. The van der Waals surface area contributed by atoms with Crippen LogP contribution in [0.2, 0.25) is 0 Å². The lowest BCUT2D eigenvalue weighted by molar-refractivity contribution is 0.00708. The summed E-state index contributed by atoms with van der Waals surface area (Å²) in [5, 5.41) is 2.88. The van der Waals surface area contributed by atoms with E-state index in [1.54, 1.807) is 57.3 Å². The van der Waals surface area contributed by atoms with E-state index in [-0.39, 0.29) is 5.56 Å². The topological polar surface area (TPSA) is 94.3 Å².